The molecule has 0 fully saturated rings. The minimum Gasteiger partial charge on any atom is -0.457 e. The minimum atomic E-state index is -0.378. The van der Waals surface area contributed by atoms with Crippen molar-refractivity contribution in [2.45, 2.75) is 19.4 Å². The molecular weight excluding hydrogens is 362 g/mol. The number of nitrogens with one attached hydrogen (secondary N) is 1. The third-order valence-corrected chi connectivity index (χ3v) is 5.42. The number of hydrogen-bond donors (Lipinski definition) is 1. The topological polar surface area (TPSA) is 56.2 Å². The lowest BCUT2D eigenvalue weighted by atomic mass is 9.87. The SMILES string of the molecule is Cc1nc2ccccc2n1CCNC(=O)C1c2ccccc2Oc2ccccc21. The Hall–Kier alpha value is -3.60. The van der Waals surface area contributed by atoms with Crippen molar-refractivity contribution in [3.05, 3.63) is 89.7 Å². The van der Waals surface area contributed by atoms with Crippen LogP contribution in [-0.2, 0) is 11.3 Å². The van der Waals surface area contributed by atoms with E-state index in [-0.39, 0.29) is 11.8 Å². The molecule has 1 N–H and O–H groups in total. The lowest BCUT2D eigenvalue weighted by molar-refractivity contribution is -0.121. The van der Waals surface area contributed by atoms with E-state index in [1.165, 1.54) is 0 Å². The molecule has 2 heterocycles. The van der Waals surface area contributed by atoms with Gasteiger partial charge in [0.05, 0.1) is 17.0 Å². The van der Waals surface area contributed by atoms with Gasteiger partial charge in [-0.05, 0) is 31.2 Å². The van der Waals surface area contributed by atoms with Crippen molar-refractivity contribution >= 4 is 16.9 Å². The maximum absolute atomic E-state index is 13.2. The van der Waals surface area contributed by atoms with Gasteiger partial charge in [0, 0.05) is 24.2 Å². The molecule has 1 aromatic heterocycles. The minimum absolute atomic E-state index is 0.0183. The van der Waals surface area contributed by atoms with Crippen LogP contribution in [0.15, 0.2) is 72.8 Å². The number of carbonyl (C=O) groups excluding carboxylic acids is 1. The third kappa shape index (κ3) is 3.05. The van der Waals surface area contributed by atoms with E-state index in [2.05, 4.69) is 20.9 Å². The largest absolute Gasteiger partial charge is 0.457 e. The molecule has 1 amide bonds. The lowest BCUT2D eigenvalue weighted by Crippen LogP contribution is -2.33. The number of hydrogen-bond acceptors (Lipinski definition) is 3. The van der Waals surface area contributed by atoms with Crippen molar-refractivity contribution in [3.63, 3.8) is 0 Å². The number of benzene rings is 3. The highest BCUT2D eigenvalue weighted by Gasteiger charge is 2.32. The van der Waals surface area contributed by atoms with Crippen LogP contribution in [-0.4, -0.2) is 22.0 Å². The van der Waals surface area contributed by atoms with Crippen molar-refractivity contribution in [1.82, 2.24) is 14.9 Å². The Morgan fingerprint density at radius 1 is 0.966 bits per heavy atom. The van der Waals surface area contributed by atoms with Gasteiger partial charge in [-0.3, -0.25) is 4.79 Å². The zero-order chi connectivity index (χ0) is 19.8. The molecule has 5 nitrogen and oxygen atoms in total. The van der Waals surface area contributed by atoms with Crippen LogP contribution in [0.25, 0.3) is 11.0 Å². The highest BCUT2D eigenvalue weighted by atomic mass is 16.5. The van der Waals surface area contributed by atoms with Crippen molar-refractivity contribution in [2.75, 3.05) is 6.54 Å². The second-order valence-corrected chi connectivity index (χ2v) is 7.20. The Labute approximate surface area is 169 Å². The molecule has 29 heavy (non-hydrogen) atoms. The van der Waals surface area contributed by atoms with Crippen molar-refractivity contribution in [3.8, 4) is 11.5 Å². The molecule has 1 aliphatic rings. The first-order chi connectivity index (χ1) is 14.2. The van der Waals surface area contributed by atoms with Crippen molar-refractivity contribution in [2.24, 2.45) is 0 Å². The molecule has 5 rings (SSSR count). The molecule has 0 saturated carbocycles. The number of amides is 1. The molecule has 0 aliphatic carbocycles. The molecule has 0 bridgehead atoms. The van der Waals surface area contributed by atoms with Gasteiger partial charge in [-0.1, -0.05) is 48.5 Å². The first kappa shape index (κ1) is 17.5. The second kappa shape index (κ2) is 7.09. The van der Waals surface area contributed by atoms with Gasteiger partial charge in [-0.25, -0.2) is 4.98 Å². The lowest BCUT2D eigenvalue weighted by Gasteiger charge is -2.27. The molecule has 144 valence electrons. The smallest absolute Gasteiger partial charge is 0.232 e. The van der Waals surface area contributed by atoms with Crippen LogP contribution in [0.3, 0.4) is 0 Å². The normalized spacial score (nSPS) is 12.9. The van der Waals surface area contributed by atoms with Crippen LogP contribution in [0, 0.1) is 6.92 Å². The summed E-state index contributed by atoms with van der Waals surface area (Å²) >= 11 is 0. The Morgan fingerprint density at radius 2 is 1.59 bits per heavy atom. The molecule has 3 aromatic carbocycles. The molecule has 0 saturated heterocycles. The number of fused-ring (bicyclic) bond motifs is 3. The van der Waals surface area contributed by atoms with E-state index in [1.807, 2.05) is 73.7 Å². The van der Waals surface area contributed by atoms with Crippen LogP contribution >= 0.6 is 0 Å². The second-order valence-electron chi connectivity index (χ2n) is 7.20. The molecule has 5 heteroatoms. The molecule has 0 spiro atoms. The highest BCUT2D eigenvalue weighted by molar-refractivity contribution is 5.89. The van der Waals surface area contributed by atoms with E-state index >= 15 is 0 Å². The van der Waals surface area contributed by atoms with E-state index in [4.69, 9.17) is 4.74 Å². The van der Waals surface area contributed by atoms with Crippen LogP contribution < -0.4 is 10.1 Å². The number of carbonyl (C=O) groups is 1. The van der Waals surface area contributed by atoms with Crippen LogP contribution in [0.1, 0.15) is 22.9 Å². The highest BCUT2D eigenvalue weighted by Crippen LogP contribution is 2.43. The summed E-state index contributed by atoms with van der Waals surface area (Å²) in [5, 5.41) is 3.12. The maximum Gasteiger partial charge on any atom is 0.232 e. The van der Waals surface area contributed by atoms with E-state index in [9.17, 15) is 4.79 Å². The van der Waals surface area contributed by atoms with E-state index in [1.54, 1.807) is 0 Å². The van der Waals surface area contributed by atoms with E-state index in [0.29, 0.717) is 13.1 Å². The number of ether oxygens (including phenoxy) is 1. The van der Waals surface area contributed by atoms with Gasteiger partial charge >= 0.3 is 0 Å². The fourth-order valence-corrected chi connectivity index (χ4v) is 4.06. The predicted octanol–water partition coefficient (Wildman–Crippen LogP) is 4.40. The fraction of sp³-hybridized carbons (Fsp3) is 0.167. The Bertz CT molecular complexity index is 1170. The van der Waals surface area contributed by atoms with Crippen molar-refractivity contribution in [1.29, 1.82) is 0 Å². The molecular formula is C24H21N3O2. The number of aryl methyl sites for hydroxylation is 1. The van der Waals surface area contributed by atoms with Crippen LogP contribution in [0.4, 0.5) is 0 Å². The molecule has 0 atom stereocenters. The third-order valence-electron chi connectivity index (χ3n) is 5.42. The summed E-state index contributed by atoms with van der Waals surface area (Å²) in [7, 11) is 0. The number of imidazole rings is 1. The van der Waals surface area contributed by atoms with Gasteiger partial charge in [-0.2, -0.15) is 0 Å². The molecule has 0 radical (unpaired) electrons. The van der Waals surface area contributed by atoms with Gasteiger partial charge < -0.3 is 14.6 Å². The fourth-order valence-electron chi connectivity index (χ4n) is 4.06. The number of aromatic nitrogens is 2. The van der Waals surface area contributed by atoms with E-state index < -0.39 is 0 Å². The standard InChI is InChI=1S/C24H21N3O2/c1-16-26-19-10-4-5-11-20(19)27(16)15-14-25-24(28)23-17-8-2-6-12-21(17)29-22-13-7-3-9-18(22)23/h2-13,23H,14-15H2,1H3,(H,25,28). The summed E-state index contributed by atoms with van der Waals surface area (Å²) in [5.74, 6) is 2.03. The quantitative estimate of drug-likeness (QED) is 0.568. The Morgan fingerprint density at radius 3 is 2.31 bits per heavy atom. The molecule has 4 aromatic rings. The summed E-state index contributed by atoms with van der Waals surface area (Å²) in [5.41, 5.74) is 3.85. The summed E-state index contributed by atoms with van der Waals surface area (Å²) in [6.45, 7) is 3.19. The van der Waals surface area contributed by atoms with Gasteiger partial charge in [0.1, 0.15) is 17.3 Å². The summed E-state index contributed by atoms with van der Waals surface area (Å²) in [6.07, 6.45) is 0. The molecule has 1 aliphatic heterocycles. The first-order valence-corrected chi connectivity index (χ1v) is 9.77. The zero-order valence-corrected chi connectivity index (χ0v) is 16.1. The zero-order valence-electron chi connectivity index (χ0n) is 16.1. The predicted molar refractivity (Wildman–Crippen MR) is 112 cm³/mol. The van der Waals surface area contributed by atoms with Gasteiger partial charge in [0.15, 0.2) is 0 Å². The first-order valence-electron chi connectivity index (χ1n) is 9.77. The number of rotatable bonds is 4. The number of para-hydroxylation sites is 4. The molecule has 0 unspecified atom stereocenters. The summed E-state index contributed by atoms with van der Waals surface area (Å²) in [6, 6.07) is 23.5. The van der Waals surface area contributed by atoms with Crippen LogP contribution in [0.5, 0.6) is 11.5 Å². The van der Waals surface area contributed by atoms with Gasteiger partial charge in [0.25, 0.3) is 0 Å². The summed E-state index contributed by atoms with van der Waals surface area (Å²) in [4.78, 5) is 17.8. The monoisotopic (exact) mass is 383 g/mol. The maximum atomic E-state index is 13.2. The van der Waals surface area contributed by atoms with E-state index in [0.717, 1.165) is 39.5 Å². The van der Waals surface area contributed by atoms with Gasteiger partial charge in [0.2, 0.25) is 5.91 Å². The number of nitrogens with zero attached hydrogens (tertiary/aromatic N) is 2. The van der Waals surface area contributed by atoms with Gasteiger partial charge in [-0.15, -0.1) is 0 Å². The van der Waals surface area contributed by atoms with Crippen LogP contribution in [0.2, 0.25) is 0 Å². The summed E-state index contributed by atoms with van der Waals surface area (Å²) < 4.78 is 8.13. The average molecular weight is 383 g/mol. The average Bonchev–Trinajstić information content (AvgIpc) is 3.07. The van der Waals surface area contributed by atoms with Crippen molar-refractivity contribution < 1.29 is 9.53 Å². The Balaban J connectivity index is 1.38. The Kier molecular flexibility index (Phi) is 4.28.